The van der Waals surface area contributed by atoms with E-state index < -0.39 is 5.92 Å². The van der Waals surface area contributed by atoms with Gasteiger partial charge in [-0.3, -0.25) is 5.41 Å². The number of halogens is 2. The van der Waals surface area contributed by atoms with Crippen LogP contribution in [0, 0.1) is 10.8 Å². The molecular formula is C18H28F2N8. The third-order valence-corrected chi connectivity index (χ3v) is 5.27. The Morgan fingerprint density at radius 1 is 1.32 bits per heavy atom. The van der Waals surface area contributed by atoms with E-state index in [1.165, 1.54) is 6.08 Å². The number of alkyl halides is 2. The lowest BCUT2D eigenvalue weighted by Crippen LogP contribution is -2.56. The summed E-state index contributed by atoms with van der Waals surface area (Å²) in [6.07, 6.45) is 4.94. The van der Waals surface area contributed by atoms with Gasteiger partial charge >= 0.3 is 0 Å². The Morgan fingerprint density at radius 3 is 2.54 bits per heavy atom. The van der Waals surface area contributed by atoms with Crippen LogP contribution >= 0.6 is 0 Å². The zero-order valence-electron chi connectivity index (χ0n) is 16.2. The molecule has 2 saturated heterocycles. The summed E-state index contributed by atoms with van der Waals surface area (Å²) in [6, 6.07) is 0.753. The number of guanidine groups is 2. The van der Waals surface area contributed by atoms with Crippen LogP contribution < -0.4 is 16.4 Å². The molecule has 3 heterocycles. The summed E-state index contributed by atoms with van der Waals surface area (Å²) in [6.45, 7) is 2.64. The summed E-state index contributed by atoms with van der Waals surface area (Å²) in [5.41, 5.74) is 5.58. The lowest BCUT2D eigenvalue weighted by atomic mass is 9.97. The third-order valence-electron chi connectivity index (χ3n) is 5.27. The van der Waals surface area contributed by atoms with Gasteiger partial charge in [-0.05, 0) is 46.0 Å². The average molecular weight is 394 g/mol. The van der Waals surface area contributed by atoms with Crippen molar-refractivity contribution in [1.82, 2.24) is 15.5 Å². The first-order valence-electron chi connectivity index (χ1n) is 9.57. The number of piperidine rings is 1. The Kier molecular flexibility index (Phi) is 5.66. The maximum atomic E-state index is 13.0. The maximum Gasteiger partial charge on any atom is 0.245 e. The number of nitrogens with one attached hydrogen (secondary N) is 4. The van der Waals surface area contributed by atoms with E-state index in [2.05, 4.69) is 25.5 Å². The number of hydrogen-bond donors (Lipinski definition) is 5. The normalized spacial score (nSPS) is 28.5. The predicted molar refractivity (Wildman–Crippen MR) is 106 cm³/mol. The van der Waals surface area contributed by atoms with Crippen LogP contribution in [0.3, 0.4) is 0 Å². The summed E-state index contributed by atoms with van der Waals surface area (Å²) in [5.74, 6) is -1.07. The molecule has 0 amide bonds. The fourth-order valence-corrected chi connectivity index (χ4v) is 4.17. The van der Waals surface area contributed by atoms with Crippen LogP contribution in [0.15, 0.2) is 21.9 Å². The fraction of sp³-hybridized carbons (Fsp3) is 0.667. The highest BCUT2D eigenvalue weighted by Gasteiger charge is 2.43. The number of aliphatic imine (C=N–C) groups is 2. The van der Waals surface area contributed by atoms with Crippen molar-refractivity contribution in [3.63, 3.8) is 0 Å². The van der Waals surface area contributed by atoms with Gasteiger partial charge in [0, 0.05) is 36.3 Å². The molecule has 154 valence electrons. The number of nitrogens with zero attached hydrogens (tertiary/aromatic N) is 3. The first-order chi connectivity index (χ1) is 13.1. The molecule has 2 unspecified atom stereocenters. The highest BCUT2D eigenvalue weighted by Crippen LogP contribution is 2.36. The number of allylic oxidation sites excluding steroid dienone is 1. The number of nitrogens with two attached hydrogens (primary N) is 1. The highest BCUT2D eigenvalue weighted by atomic mass is 19.3. The van der Waals surface area contributed by atoms with Crippen LogP contribution in [0.2, 0.25) is 0 Å². The second kappa shape index (κ2) is 7.84. The van der Waals surface area contributed by atoms with E-state index in [1.54, 1.807) is 6.92 Å². The first kappa shape index (κ1) is 20.2. The van der Waals surface area contributed by atoms with Crippen LogP contribution in [-0.2, 0) is 0 Å². The highest BCUT2D eigenvalue weighted by molar-refractivity contribution is 6.00. The van der Waals surface area contributed by atoms with E-state index in [0.717, 1.165) is 32.6 Å². The smallest absolute Gasteiger partial charge is 0.245 e. The topological polar surface area (TPSA) is 126 Å². The molecule has 0 saturated carbocycles. The number of hydrogen-bond acceptors (Lipinski definition) is 6. The predicted octanol–water partition coefficient (Wildman–Crippen LogP) is 2.14. The van der Waals surface area contributed by atoms with Crippen LogP contribution in [0.1, 0.15) is 52.4 Å². The van der Waals surface area contributed by atoms with E-state index in [9.17, 15) is 8.78 Å². The number of amidine groups is 1. The molecule has 0 radical (unpaired) electrons. The molecule has 3 aliphatic rings. The monoisotopic (exact) mass is 394 g/mol. The van der Waals surface area contributed by atoms with Gasteiger partial charge < -0.3 is 26.7 Å². The molecular weight excluding hydrogens is 366 g/mol. The van der Waals surface area contributed by atoms with Crippen molar-refractivity contribution in [2.75, 3.05) is 0 Å². The second-order valence-corrected chi connectivity index (χ2v) is 7.86. The van der Waals surface area contributed by atoms with E-state index in [4.69, 9.17) is 16.6 Å². The van der Waals surface area contributed by atoms with E-state index in [1.807, 2.05) is 0 Å². The first-order valence-corrected chi connectivity index (χ1v) is 9.57. The lowest BCUT2D eigenvalue weighted by molar-refractivity contribution is 0.0151. The summed E-state index contributed by atoms with van der Waals surface area (Å²) in [4.78, 5) is 11.1. The third kappa shape index (κ3) is 5.05. The van der Waals surface area contributed by atoms with Crippen molar-refractivity contribution in [3.8, 4) is 0 Å². The van der Waals surface area contributed by atoms with Gasteiger partial charge in [-0.25, -0.2) is 13.8 Å². The van der Waals surface area contributed by atoms with Crippen molar-refractivity contribution in [2.45, 2.75) is 76.4 Å². The zero-order chi connectivity index (χ0) is 20.5. The molecule has 0 spiro atoms. The van der Waals surface area contributed by atoms with Gasteiger partial charge in [-0.1, -0.05) is 0 Å². The largest absolute Gasteiger partial charge is 0.370 e. The van der Waals surface area contributed by atoms with E-state index >= 15 is 0 Å². The molecule has 2 fully saturated rings. The minimum Gasteiger partial charge on any atom is -0.370 e. The Balaban J connectivity index is 1.67. The molecule has 2 bridgehead atoms. The minimum atomic E-state index is -2.78. The Hall–Kier alpha value is -2.52. The summed E-state index contributed by atoms with van der Waals surface area (Å²) < 4.78 is 26.0. The summed E-state index contributed by atoms with van der Waals surface area (Å²) >= 11 is 0. The van der Waals surface area contributed by atoms with E-state index in [-0.39, 0.29) is 42.6 Å². The summed E-state index contributed by atoms with van der Waals surface area (Å²) in [5, 5.41) is 21.6. The standard InChI is InChI=1S/C18H28F2N8/c1-10-24-15(7-11(21)5-6-18(2,19)20)27-17(25-10)28-13-3-4-14(28)9-12(8-13)26-16(22)23/h7,12-14,21H,3-6,8-9H2,1-2H3,(H4,22,23,26)(H,24,25,27)/b15-7-,21-11?. The molecule has 0 aromatic carbocycles. The van der Waals surface area contributed by atoms with Gasteiger partial charge in [-0.2, -0.15) is 4.99 Å². The molecule has 8 nitrogen and oxygen atoms in total. The van der Waals surface area contributed by atoms with Crippen LogP contribution in [0.25, 0.3) is 0 Å². The van der Waals surface area contributed by atoms with Crippen molar-refractivity contribution < 1.29 is 8.78 Å². The van der Waals surface area contributed by atoms with Gasteiger partial charge in [0.25, 0.3) is 0 Å². The SMILES string of the molecule is CC1=N/C(=C/C(=N)CCC(C)(F)F)NC(N2C3CCC2CC(NC(=N)N)C3)=N1. The molecule has 0 aromatic heterocycles. The molecule has 0 aliphatic carbocycles. The fourth-order valence-electron chi connectivity index (χ4n) is 4.17. The van der Waals surface area contributed by atoms with E-state index in [0.29, 0.717) is 17.6 Å². The average Bonchev–Trinajstić information content (AvgIpc) is 2.82. The maximum absolute atomic E-state index is 13.0. The molecule has 28 heavy (non-hydrogen) atoms. The lowest BCUT2D eigenvalue weighted by Gasteiger charge is -2.41. The molecule has 3 aliphatic heterocycles. The van der Waals surface area contributed by atoms with Crippen molar-refractivity contribution in [2.24, 2.45) is 15.7 Å². The Labute approximate surface area is 163 Å². The van der Waals surface area contributed by atoms with Crippen molar-refractivity contribution in [3.05, 3.63) is 11.9 Å². The minimum absolute atomic E-state index is 0.00431. The molecule has 0 aromatic rings. The Bertz CT molecular complexity index is 722. The van der Waals surface area contributed by atoms with Gasteiger partial charge in [-0.15, -0.1) is 0 Å². The number of rotatable bonds is 5. The molecule has 10 heteroatoms. The molecule has 6 N–H and O–H groups in total. The van der Waals surface area contributed by atoms with Crippen LogP contribution in [0.5, 0.6) is 0 Å². The van der Waals surface area contributed by atoms with Gasteiger partial charge in [0.05, 0.1) is 0 Å². The van der Waals surface area contributed by atoms with Crippen molar-refractivity contribution >= 4 is 23.5 Å². The molecule has 3 rings (SSSR count). The van der Waals surface area contributed by atoms with Crippen LogP contribution in [-0.4, -0.2) is 52.4 Å². The zero-order valence-corrected chi connectivity index (χ0v) is 16.2. The quantitative estimate of drug-likeness (QED) is 0.362. The molecule has 2 atom stereocenters. The van der Waals surface area contributed by atoms with Crippen LogP contribution in [0.4, 0.5) is 8.78 Å². The summed E-state index contributed by atoms with van der Waals surface area (Å²) in [7, 11) is 0. The van der Waals surface area contributed by atoms with Gasteiger partial charge in [0.2, 0.25) is 11.9 Å². The Morgan fingerprint density at radius 2 is 1.96 bits per heavy atom. The van der Waals surface area contributed by atoms with Crippen molar-refractivity contribution in [1.29, 1.82) is 10.8 Å². The van der Waals surface area contributed by atoms with Gasteiger partial charge in [0.1, 0.15) is 11.7 Å². The second-order valence-electron chi connectivity index (χ2n) is 7.86. The number of fused-ring (bicyclic) bond motifs is 2. The van der Waals surface area contributed by atoms with Gasteiger partial charge in [0.15, 0.2) is 5.96 Å².